The van der Waals surface area contributed by atoms with Crippen LogP contribution in [0.4, 0.5) is 10.3 Å². The highest BCUT2D eigenvalue weighted by Gasteiger charge is 2.36. The molecular weight excluding hydrogens is 781 g/mol. The normalized spacial score (nSPS) is 21.9. The number of benzene rings is 4. The second-order valence-electron chi connectivity index (χ2n) is 17.2. The van der Waals surface area contributed by atoms with E-state index >= 15 is 0 Å². The van der Waals surface area contributed by atoms with Crippen LogP contribution in [0, 0.1) is 11.8 Å². The van der Waals surface area contributed by atoms with Crippen molar-refractivity contribution in [3.8, 4) is 34.0 Å². The smallest absolute Gasteiger partial charge is 0.183 e. The molecule has 5 atom stereocenters. The highest BCUT2D eigenvalue weighted by atomic mass is 32.1. The number of fused-ring (bicyclic) bond motifs is 6. The monoisotopic (exact) mass is 836 g/mol. The van der Waals surface area contributed by atoms with E-state index in [4.69, 9.17) is 19.4 Å². The van der Waals surface area contributed by atoms with Crippen molar-refractivity contribution in [1.29, 1.82) is 0 Å². The fraction of sp³-hybridized carbons (Fsp3) is 0.400. The second-order valence-corrected chi connectivity index (χ2v) is 19.3. The summed E-state index contributed by atoms with van der Waals surface area (Å²) in [6.45, 7) is 8.75. The molecule has 0 bridgehead atoms. The Hall–Kier alpha value is -4.74. The first kappa shape index (κ1) is 39.4. The van der Waals surface area contributed by atoms with Gasteiger partial charge in [0.05, 0.1) is 25.6 Å². The highest BCUT2D eigenvalue weighted by Crippen LogP contribution is 2.47. The van der Waals surface area contributed by atoms with Crippen LogP contribution in [0.1, 0.15) is 82.6 Å². The van der Waals surface area contributed by atoms with Crippen molar-refractivity contribution in [2.24, 2.45) is 11.8 Å². The van der Waals surface area contributed by atoms with Crippen LogP contribution in [0.2, 0.25) is 0 Å². The lowest BCUT2D eigenvalue weighted by Gasteiger charge is -2.43. The van der Waals surface area contributed by atoms with Crippen molar-refractivity contribution in [3.05, 3.63) is 129 Å². The molecule has 4 aromatic carbocycles. The number of hydrogen-bond donors (Lipinski definition) is 2. The zero-order chi connectivity index (χ0) is 40.6. The van der Waals surface area contributed by atoms with Crippen LogP contribution in [0.15, 0.2) is 97.1 Å². The molecule has 0 amide bonds. The number of anilines is 2. The van der Waals surface area contributed by atoms with Crippen LogP contribution < -0.4 is 20.1 Å². The van der Waals surface area contributed by atoms with E-state index in [0.29, 0.717) is 23.9 Å². The molecule has 0 radical (unpaired) electrons. The van der Waals surface area contributed by atoms with Crippen molar-refractivity contribution in [1.82, 2.24) is 19.8 Å². The molecule has 6 aromatic rings. The lowest BCUT2D eigenvalue weighted by atomic mass is 9.82. The molecular formula is C50H56N6O2S2. The molecule has 4 aliphatic heterocycles. The molecule has 2 N–H and O–H groups in total. The molecule has 8 nitrogen and oxygen atoms in total. The number of hydrogen-bond acceptors (Lipinski definition) is 10. The number of nitrogens with one attached hydrogen (secondary N) is 2. The van der Waals surface area contributed by atoms with E-state index in [1.165, 1.54) is 44.8 Å². The lowest BCUT2D eigenvalue weighted by Crippen LogP contribution is -2.42. The fourth-order valence-electron chi connectivity index (χ4n) is 10.3. The summed E-state index contributed by atoms with van der Waals surface area (Å²) < 4.78 is 11.1. The van der Waals surface area contributed by atoms with E-state index < -0.39 is 0 Å². The first-order valence-electron chi connectivity index (χ1n) is 21.9. The number of thiazole rings is 2. The first-order valence-corrected chi connectivity index (χ1v) is 23.6. The molecule has 2 saturated heterocycles. The van der Waals surface area contributed by atoms with Gasteiger partial charge in [-0.05, 0) is 110 Å². The number of ether oxygens (including phenoxy) is 2. The van der Waals surface area contributed by atoms with Crippen LogP contribution in [0.25, 0.3) is 22.5 Å². The predicted octanol–water partition coefficient (Wildman–Crippen LogP) is 10.9. The molecule has 1 unspecified atom stereocenters. The van der Waals surface area contributed by atoms with Crippen LogP contribution in [0.5, 0.6) is 11.5 Å². The summed E-state index contributed by atoms with van der Waals surface area (Å²) in [5.41, 5.74) is 10.3. The van der Waals surface area contributed by atoms with E-state index in [1.807, 2.05) is 22.7 Å². The summed E-state index contributed by atoms with van der Waals surface area (Å²) in [5.74, 6) is 3.18. The van der Waals surface area contributed by atoms with Gasteiger partial charge in [0, 0.05) is 65.1 Å². The molecule has 4 aliphatic rings. The highest BCUT2D eigenvalue weighted by molar-refractivity contribution is 7.17. The van der Waals surface area contributed by atoms with Gasteiger partial charge in [-0.3, -0.25) is 9.80 Å². The maximum Gasteiger partial charge on any atom is 0.183 e. The molecule has 0 aliphatic carbocycles. The molecule has 60 heavy (non-hydrogen) atoms. The van der Waals surface area contributed by atoms with Gasteiger partial charge in [0.2, 0.25) is 0 Å². The van der Waals surface area contributed by atoms with Gasteiger partial charge in [0.15, 0.2) is 10.3 Å². The van der Waals surface area contributed by atoms with Gasteiger partial charge < -0.3 is 20.1 Å². The minimum atomic E-state index is 0.106. The summed E-state index contributed by atoms with van der Waals surface area (Å²) >= 11 is 3.63. The topological polar surface area (TPSA) is 74.8 Å². The van der Waals surface area contributed by atoms with Crippen LogP contribution in [-0.4, -0.2) is 73.3 Å². The van der Waals surface area contributed by atoms with Crippen molar-refractivity contribution < 1.29 is 9.47 Å². The summed E-state index contributed by atoms with van der Waals surface area (Å²) in [7, 11) is 3.53. The van der Waals surface area contributed by atoms with Gasteiger partial charge in [0.1, 0.15) is 11.5 Å². The maximum atomic E-state index is 5.57. The van der Waals surface area contributed by atoms with E-state index in [9.17, 15) is 0 Å². The lowest BCUT2D eigenvalue weighted by molar-refractivity contribution is 0.107. The Morgan fingerprint density at radius 1 is 0.617 bits per heavy atom. The Kier molecular flexibility index (Phi) is 11.4. The Balaban J connectivity index is 0.883. The Bertz CT molecular complexity index is 2250. The Labute approximate surface area is 363 Å². The molecule has 10 heteroatoms. The minimum Gasteiger partial charge on any atom is -0.497 e. The SMILES string of the molecule is COc1ccc2c(c1)CCN1CC[C@H](CNc3nc(-c4ccccc4)c(C(C)c4sc(NC[C@@H]5CCN6CCc7cc(OC)ccc7[C@@H]6C5)nc4-c4ccccc4)s3)C[C@H]21. The molecule has 10 rings (SSSR count). The van der Waals surface area contributed by atoms with E-state index in [0.717, 1.165) is 109 Å². The standard InChI is InChI=1S/C50H56N6O2S2/c1-32(47-45(35-10-6-4-7-11-35)53-49(59-47)51-30-33-18-22-55-24-20-37-28-39(57-2)14-16-41(37)43(55)26-33)48-46(36-12-8-5-9-13-36)54-50(60-48)52-31-34-19-23-56-25-21-38-29-40(58-3)15-17-42(38)44(56)27-34/h4-17,28-29,32-34,43-44H,18-27,30-31H2,1-3H3,(H,51,53)(H,52,54)/t32?,33-,34+,43+,44-. The fourth-order valence-corrected chi connectivity index (χ4v) is 12.5. The minimum absolute atomic E-state index is 0.106. The molecule has 2 aromatic heterocycles. The number of aromatic nitrogens is 2. The number of piperidine rings is 2. The summed E-state index contributed by atoms with van der Waals surface area (Å²) in [5, 5.41) is 9.74. The van der Waals surface area contributed by atoms with Gasteiger partial charge in [0.25, 0.3) is 0 Å². The van der Waals surface area contributed by atoms with Crippen LogP contribution in [0.3, 0.4) is 0 Å². The average Bonchev–Trinajstić information content (AvgIpc) is 3.95. The summed E-state index contributed by atoms with van der Waals surface area (Å²) in [4.78, 5) is 18.7. The second kappa shape index (κ2) is 17.3. The first-order chi connectivity index (χ1) is 29.5. The quantitative estimate of drug-likeness (QED) is 0.126. The predicted molar refractivity (Wildman–Crippen MR) is 247 cm³/mol. The Morgan fingerprint density at radius 2 is 1.07 bits per heavy atom. The average molecular weight is 837 g/mol. The van der Waals surface area contributed by atoms with Crippen molar-refractivity contribution in [2.45, 2.75) is 63.5 Å². The molecule has 0 saturated carbocycles. The van der Waals surface area contributed by atoms with Gasteiger partial charge in [-0.2, -0.15) is 0 Å². The zero-order valence-corrected chi connectivity index (χ0v) is 36.7. The third kappa shape index (κ3) is 7.95. The zero-order valence-electron chi connectivity index (χ0n) is 35.0. The van der Waals surface area contributed by atoms with E-state index in [1.54, 1.807) is 14.2 Å². The van der Waals surface area contributed by atoms with Crippen molar-refractivity contribution in [2.75, 3.05) is 64.1 Å². The maximum absolute atomic E-state index is 5.57. The molecule has 310 valence electrons. The van der Waals surface area contributed by atoms with Crippen LogP contribution >= 0.6 is 22.7 Å². The number of methoxy groups -OCH3 is 2. The Morgan fingerprint density at radius 3 is 1.50 bits per heavy atom. The van der Waals surface area contributed by atoms with Crippen molar-refractivity contribution in [3.63, 3.8) is 0 Å². The van der Waals surface area contributed by atoms with Crippen molar-refractivity contribution >= 4 is 32.9 Å². The van der Waals surface area contributed by atoms with Gasteiger partial charge in [-0.25, -0.2) is 9.97 Å². The van der Waals surface area contributed by atoms with E-state index in [2.05, 4.69) is 124 Å². The summed E-state index contributed by atoms with van der Waals surface area (Å²) in [6.07, 6.45) is 6.92. The largest absolute Gasteiger partial charge is 0.497 e. The third-order valence-corrected chi connectivity index (χ3v) is 16.1. The van der Waals surface area contributed by atoms with Gasteiger partial charge >= 0.3 is 0 Å². The number of nitrogens with zero attached hydrogens (tertiary/aromatic N) is 4. The van der Waals surface area contributed by atoms with Crippen LogP contribution in [-0.2, 0) is 12.8 Å². The van der Waals surface area contributed by atoms with Gasteiger partial charge in [-0.15, -0.1) is 22.7 Å². The summed E-state index contributed by atoms with van der Waals surface area (Å²) in [6, 6.07) is 35.8. The molecule has 0 spiro atoms. The van der Waals surface area contributed by atoms with E-state index in [-0.39, 0.29) is 5.92 Å². The molecule has 6 heterocycles. The third-order valence-electron chi connectivity index (χ3n) is 13.7. The van der Waals surface area contributed by atoms with Gasteiger partial charge in [-0.1, -0.05) is 79.7 Å². The number of rotatable bonds is 12. The molecule has 2 fully saturated rings.